The monoisotopic (exact) mass is 318 g/mol. The van der Waals surface area contributed by atoms with Gasteiger partial charge in [0, 0.05) is 11.1 Å². The Morgan fingerprint density at radius 2 is 1.38 bits per heavy atom. The fourth-order valence-electron chi connectivity index (χ4n) is 2.83. The summed E-state index contributed by atoms with van der Waals surface area (Å²) in [5.41, 5.74) is -0.458. The maximum atomic E-state index is 13.2. The van der Waals surface area contributed by atoms with Gasteiger partial charge in [-0.15, -0.1) is 0 Å². The van der Waals surface area contributed by atoms with Crippen molar-refractivity contribution in [2.75, 3.05) is 7.11 Å². The van der Waals surface area contributed by atoms with Crippen LogP contribution in [0, 0.1) is 0 Å². The predicted octanol–water partition coefficient (Wildman–Crippen LogP) is 3.81. The molecule has 3 aromatic carbocycles. The van der Waals surface area contributed by atoms with E-state index < -0.39 is 5.60 Å². The second kappa shape index (κ2) is 6.69. The van der Waals surface area contributed by atoms with E-state index in [4.69, 9.17) is 4.74 Å². The van der Waals surface area contributed by atoms with Gasteiger partial charge in [-0.05, 0) is 11.6 Å². The first-order valence-corrected chi connectivity index (χ1v) is 7.69. The normalized spacial score (nSPS) is 13.1. The summed E-state index contributed by atoms with van der Waals surface area (Å²) in [7, 11) is 1.53. The Labute approximate surface area is 141 Å². The highest BCUT2D eigenvalue weighted by Crippen LogP contribution is 2.38. The Bertz CT molecular complexity index is 828. The van der Waals surface area contributed by atoms with Crippen LogP contribution in [0.3, 0.4) is 0 Å². The van der Waals surface area contributed by atoms with Gasteiger partial charge in [-0.25, -0.2) is 0 Å². The zero-order chi connectivity index (χ0) is 17.0. The number of aliphatic hydroxyl groups is 1. The molecule has 0 saturated heterocycles. The summed E-state index contributed by atoms with van der Waals surface area (Å²) in [6.07, 6.45) is 0. The van der Waals surface area contributed by atoms with Gasteiger partial charge in [0.25, 0.3) is 0 Å². The average molecular weight is 318 g/mol. The molecular formula is C21H18O3. The van der Waals surface area contributed by atoms with Crippen molar-refractivity contribution >= 4 is 5.78 Å². The van der Waals surface area contributed by atoms with Crippen LogP contribution in [0.4, 0.5) is 0 Å². The van der Waals surface area contributed by atoms with Gasteiger partial charge in [0.2, 0.25) is 5.78 Å². The molecule has 1 N–H and O–H groups in total. The van der Waals surface area contributed by atoms with Crippen LogP contribution >= 0.6 is 0 Å². The number of carbonyl (C=O) groups is 1. The Morgan fingerprint density at radius 3 is 2.00 bits per heavy atom. The molecule has 0 aliphatic rings. The van der Waals surface area contributed by atoms with Gasteiger partial charge >= 0.3 is 0 Å². The fourth-order valence-corrected chi connectivity index (χ4v) is 2.83. The van der Waals surface area contributed by atoms with Crippen molar-refractivity contribution in [1.82, 2.24) is 0 Å². The molecule has 3 nitrogen and oxygen atoms in total. The summed E-state index contributed by atoms with van der Waals surface area (Å²) in [5, 5.41) is 11.6. The molecule has 0 aromatic heterocycles. The summed E-state index contributed by atoms with van der Waals surface area (Å²) in [6.45, 7) is 0. The molecule has 3 heteroatoms. The standard InChI is InChI=1S/C21H18O3/c1-24-19-15-9-8-14-18(19)21(23,17-12-6-3-7-13-17)20(22)16-10-4-2-5-11-16/h2-15,23H,1H3. The number of ketones is 1. The highest BCUT2D eigenvalue weighted by atomic mass is 16.5. The van der Waals surface area contributed by atoms with Gasteiger partial charge < -0.3 is 9.84 Å². The van der Waals surface area contributed by atoms with E-state index in [1.165, 1.54) is 7.11 Å². The highest BCUT2D eigenvalue weighted by Gasteiger charge is 2.42. The van der Waals surface area contributed by atoms with Crippen molar-refractivity contribution in [2.24, 2.45) is 0 Å². The Morgan fingerprint density at radius 1 is 0.833 bits per heavy atom. The van der Waals surface area contributed by atoms with Crippen molar-refractivity contribution in [2.45, 2.75) is 5.60 Å². The third kappa shape index (κ3) is 2.70. The van der Waals surface area contributed by atoms with Gasteiger partial charge in [-0.3, -0.25) is 4.79 Å². The van der Waals surface area contributed by atoms with Crippen LogP contribution in [0.15, 0.2) is 84.9 Å². The maximum absolute atomic E-state index is 13.2. The molecule has 0 saturated carbocycles. The number of benzene rings is 3. The van der Waals surface area contributed by atoms with Crippen LogP contribution < -0.4 is 4.74 Å². The molecule has 120 valence electrons. The predicted molar refractivity (Wildman–Crippen MR) is 93.2 cm³/mol. The zero-order valence-electron chi connectivity index (χ0n) is 13.3. The number of carbonyl (C=O) groups excluding carboxylic acids is 1. The topological polar surface area (TPSA) is 46.5 Å². The third-order valence-corrected chi connectivity index (χ3v) is 4.05. The SMILES string of the molecule is COc1ccccc1C(O)(C(=O)c1ccccc1)c1ccccc1. The fraction of sp³-hybridized carbons (Fsp3) is 0.0952. The lowest BCUT2D eigenvalue weighted by atomic mass is 9.80. The lowest BCUT2D eigenvalue weighted by Gasteiger charge is -2.29. The first-order chi connectivity index (χ1) is 11.7. The minimum Gasteiger partial charge on any atom is -0.496 e. The van der Waals surface area contributed by atoms with E-state index in [-0.39, 0.29) is 5.78 Å². The van der Waals surface area contributed by atoms with E-state index in [1.807, 2.05) is 12.1 Å². The molecule has 1 unspecified atom stereocenters. The number of methoxy groups -OCH3 is 1. The molecule has 1 atom stereocenters. The lowest BCUT2D eigenvalue weighted by molar-refractivity contribution is 0.0478. The summed E-state index contributed by atoms with van der Waals surface area (Å²) >= 11 is 0. The molecule has 0 heterocycles. The van der Waals surface area contributed by atoms with Gasteiger partial charge in [-0.1, -0.05) is 78.9 Å². The molecule has 0 radical (unpaired) electrons. The molecule has 3 rings (SSSR count). The molecule has 3 aromatic rings. The molecule has 0 aliphatic heterocycles. The molecule has 24 heavy (non-hydrogen) atoms. The van der Waals surface area contributed by atoms with Crippen LogP contribution in [0.25, 0.3) is 0 Å². The van der Waals surface area contributed by atoms with Crippen LogP contribution in [0.2, 0.25) is 0 Å². The second-order valence-electron chi connectivity index (χ2n) is 5.47. The number of rotatable bonds is 5. The number of ether oxygens (including phenoxy) is 1. The highest BCUT2D eigenvalue weighted by molar-refractivity contribution is 6.05. The van der Waals surface area contributed by atoms with E-state index in [2.05, 4.69) is 0 Å². The Kier molecular flexibility index (Phi) is 4.45. The van der Waals surface area contributed by atoms with Gasteiger partial charge in [0.05, 0.1) is 7.11 Å². The van der Waals surface area contributed by atoms with Crippen LogP contribution in [0.5, 0.6) is 5.75 Å². The third-order valence-electron chi connectivity index (χ3n) is 4.05. The lowest BCUT2D eigenvalue weighted by Crippen LogP contribution is -2.37. The summed E-state index contributed by atoms with van der Waals surface area (Å²) in [4.78, 5) is 13.2. The largest absolute Gasteiger partial charge is 0.496 e. The quantitative estimate of drug-likeness (QED) is 0.728. The number of hydrogen-bond donors (Lipinski definition) is 1. The zero-order valence-corrected chi connectivity index (χ0v) is 13.3. The molecular weight excluding hydrogens is 300 g/mol. The van der Waals surface area contributed by atoms with Gasteiger partial charge in [0.15, 0.2) is 5.60 Å². The molecule has 0 fully saturated rings. The van der Waals surface area contributed by atoms with E-state index in [9.17, 15) is 9.90 Å². The van der Waals surface area contributed by atoms with E-state index in [1.54, 1.807) is 72.8 Å². The van der Waals surface area contributed by atoms with Crippen molar-refractivity contribution in [3.05, 3.63) is 102 Å². The summed E-state index contributed by atoms with van der Waals surface area (Å²) in [6, 6.07) is 24.8. The van der Waals surface area contributed by atoms with Gasteiger partial charge in [0.1, 0.15) is 5.75 Å². The van der Waals surface area contributed by atoms with Crippen molar-refractivity contribution in [1.29, 1.82) is 0 Å². The van der Waals surface area contributed by atoms with Crippen molar-refractivity contribution in [3.63, 3.8) is 0 Å². The Balaban J connectivity index is 2.24. The first kappa shape index (κ1) is 16.0. The summed E-state index contributed by atoms with van der Waals surface area (Å²) < 4.78 is 5.39. The molecule has 0 bridgehead atoms. The molecule has 0 amide bonds. The smallest absolute Gasteiger partial charge is 0.203 e. The number of hydrogen-bond acceptors (Lipinski definition) is 3. The average Bonchev–Trinajstić information content (AvgIpc) is 2.68. The first-order valence-electron chi connectivity index (χ1n) is 7.69. The van der Waals surface area contributed by atoms with Crippen LogP contribution in [-0.2, 0) is 5.60 Å². The van der Waals surface area contributed by atoms with Crippen molar-refractivity contribution < 1.29 is 14.6 Å². The molecule has 0 aliphatic carbocycles. The van der Waals surface area contributed by atoms with E-state index in [0.29, 0.717) is 22.4 Å². The minimum absolute atomic E-state index is 0.390. The number of para-hydroxylation sites is 1. The van der Waals surface area contributed by atoms with Crippen LogP contribution in [-0.4, -0.2) is 18.0 Å². The van der Waals surface area contributed by atoms with E-state index >= 15 is 0 Å². The van der Waals surface area contributed by atoms with Gasteiger partial charge in [-0.2, -0.15) is 0 Å². The Hall–Kier alpha value is -2.91. The number of Topliss-reactive ketones (excluding diaryl/α,β-unsaturated/α-hetero) is 1. The van der Waals surface area contributed by atoms with E-state index in [0.717, 1.165) is 0 Å². The maximum Gasteiger partial charge on any atom is 0.203 e. The second-order valence-corrected chi connectivity index (χ2v) is 5.47. The van der Waals surface area contributed by atoms with Crippen LogP contribution in [0.1, 0.15) is 21.5 Å². The minimum atomic E-state index is -1.82. The summed E-state index contributed by atoms with van der Waals surface area (Å²) in [5.74, 6) is 0.0759. The van der Waals surface area contributed by atoms with Crippen molar-refractivity contribution in [3.8, 4) is 5.75 Å². The molecule has 0 spiro atoms.